The van der Waals surface area contributed by atoms with Crippen molar-refractivity contribution in [2.24, 2.45) is 0 Å². The van der Waals surface area contributed by atoms with Crippen molar-refractivity contribution in [2.75, 3.05) is 13.6 Å². The summed E-state index contributed by atoms with van der Waals surface area (Å²) in [7, 11) is 1.98. The van der Waals surface area contributed by atoms with Gasteiger partial charge in [-0.15, -0.1) is 0 Å². The summed E-state index contributed by atoms with van der Waals surface area (Å²) in [6.07, 6.45) is 2.19. The summed E-state index contributed by atoms with van der Waals surface area (Å²) in [4.78, 5) is 12.8. The summed E-state index contributed by atoms with van der Waals surface area (Å²) in [6.45, 7) is 1.87. The van der Waals surface area contributed by atoms with E-state index in [9.17, 15) is 4.79 Å². The van der Waals surface area contributed by atoms with Crippen LogP contribution in [0.2, 0.25) is 0 Å². The first-order valence-electron chi connectivity index (χ1n) is 4.75. The van der Waals surface area contributed by atoms with Crippen LogP contribution in [0, 0.1) is 0 Å². The highest BCUT2D eigenvalue weighted by atomic mass is 16.4. The Morgan fingerprint density at radius 2 is 2.43 bits per heavy atom. The van der Waals surface area contributed by atoms with Crippen LogP contribution in [0.25, 0.3) is 0 Å². The summed E-state index contributed by atoms with van der Waals surface area (Å²) in [5.41, 5.74) is 1.11. The number of carbonyl (C=O) groups is 1. The van der Waals surface area contributed by atoms with Gasteiger partial charge in [-0.3, -0.25) is 9.69 Å². The monoisotopic (exact) mass is 194 g/mol. The van der Waals surface area contributed by atoms with Crippen LogP contribution in [0.3, 0.4) is 0 Å². The normalized spacial score (nSPS) is 21.9. The van der Waals surface area contributed by atoms with Crippen LogP contribution in [-0.4, -0.2) is 34.1 Å². The molecule has 0 bridgehead atoms. The number of carboxylic acid groups (broad SMARTS) is 1. The van der Waals surface area contributed by atoms with Gasteiger partial charge >= 0.3 is 5.97 Å². The fourth-order valence-corrected chi connectivity index (χ4v) is 2.01. The molecule has 4 nitrogen and oxygen atoms in total. The average molecular weight is 194 g/mol. The highest BCUT2D eigenvalue weighted by molar-refractivity contribution is 5.67. The molecule has 1 N–H and O–H groups in total. The third-order valence-electron chi connectivity index (χ3n) is 2.80. The molecule has 0 aromatic carbocycles. The average Bonchev–Trinajstić information content (AvgIpc) is 2.57. The first-order valence-corrected chi connectivity index (χ1v) is 4.75. The summed E-state index contributed by atoms with van der Waals surface area (Å²) in [5.74, 6) is -0.739. The number of aliphatic carboxylic acids is 1. The number of nitrogens with zero attached hydrogens (tertiary/aromatic N) is 2. The molecule has 0 saturated carbocycles. The van der Waals surface area contributed by atoms with Crippen molar-refractivity contribution in [3.05, 3.63) is 24.0 Å². The van der Waals surface area contributed by atoms with Crippen molar-refractivity contribution >= 4 is 5.97 Å². The van der Waals surface area contributed by atoms with Gasteiger partial charge < -0.3 is 9.67 Å². The third kappa shape index (κ3) is 1.53. The van der Waals surface area contributed by atoms with Crippen LogP contribution in [0.4, 0.5) is 0 Å². The van der Waals surface area contributed by atoms with Gasteiger partial charge in [0.1, 0.15) is 0 Å². The molecule has 0 aliphatic carbocycles. The summed E-state index contributed by atoms with van der Waals surface area (Å²) in [5, 5.41) is 8.81. The lowest BCUT2D eigenvalue weighted by molar-refractivity contribution is -0.138. The number of hydrogen-bond donors (Lipinski definition) is 1. The predicted molar refractivity (Wildman–Crippen MR) is 52.1 cm³/mol. The molecule has 0 radical (unpaired) electrons. The Hall–Kier alpha value is -1.29. The molecule has 0 amide bonds. The molecule has 1 aliphatic heterocycles. The molecule has 0 fully saturated rings. The smallest absolute Gasteiger partial charge is 0.305 e. The standard InChI is InChI=1S/C10H14N2O2/c1-11-5-6-12-4-2-3-8(12)9(11)7-10(13)14/h2-4,9H,5-7H2,1H3,(H,13,14). The van der Waals surface area contributed by atoms with Crippen molar-refractivity contribution in [3.63, 3.8) is 0 Å². The zero-order valence-corrected chi connectivity index (χ0v) is 8.18. The molecular weight excluding hydrogens is 180 g/mol. The summed E-state index contributed by atoms with van der Waals surface area (Å²) < 4.78 is 2.13. The predicted octanol–water partition coefficient (Wildman–Crippen LogP) is 0.949. The first kappa shape index (κ1) is 9.27. The van der Waals surface area contributed by atoms with Crippen molar-refractivity contribution in [1.29, 1.82) is 0 Å². The van der Waals surface area contributed by atoms with Gasteiger partial charge in [0, 0.05) is 25.0 Å². The van der Waals surface area contributed by atoms with Crippen LogP contribution in [0.5, 0.6) is 0 Å². The van der Waals surface area contributed by atoms with E-state index in [-0.39, 0.29) is 12.5 Å². The maximum Gasteiger partial charge on any atom is 0.305 e. The van der Waals surface area contributed by atoms with E-state index < -0.39 is 5.97 Å². The molecule has 4 heteroatoms. The van der Waals surface area contributed by atoms with Crippen LogP contribution in [0.1, 0.15) is 18.2 Å². The Morgan fingerprint density at radius 1 is 1.64 bits per heavy atom. The Labute approximate surface area is 82.7 Å². The number of rotatable bonds is 2. The van der Waals surface area contributed by atoms with Crippen LogP contribution < -0.4 is 0 Å². The minimum absolute atomic E-state index is 0.0243. The van der Waals surface area contributed by atoms with Gasteiger partial charge in [0.2, 0.25) is 0 Å². The maximum atomic E-state index is 10.7. The topological polar surface area (TPSA) is 45.5 Å². The van der Waals surface area contributed by atoms with Gasteiger partial charge in [-0.1, -0.05) is 0 Å². The zero-order valence-electron chi connectivity index (χ0n) is 8.18. The van der Waals surface area contributed by atoms with Crippen molar-refractivity contribution < 1.29 is 9.90 Å². The molecule has 1 aromatic heterocycles. The molecule has 1 aromatic rings. The lowest BCUT2D eigenvalue weighted by Gasteiger charge is -2.33. The lowest BCUT2D eigenvalue weighted by Crippen LogP contribution is -2.35. The van der Waals surface area contributed by atoms with E-state index in [1.807, 2.05) is 25.4 Å². The van der Waals surface area contributed by atoms with E-state index in [0.717, 1.165) is 18.8 Å². The van der Waals surface area contributed by atoms with Gasteiger partial charge in [-0.2, -0.15) is 0 Å². The number of fused-ring (bicyclic) bond motifs is 1. The molecule has 0 spiro atoms. The second-order valence-electron chi connectivity index (χ2n) is 3.72. The van der Waals surface area contributed by atoms with E-state index in [4.69, 9.17) is 5.11 Å². The van der Waals surface area contributed by atoms with Gasteiger partial charge in [0.25, 0.3) is 0 Å². The van der Waals surface area contributed by atoms with Gasteiger partial charge in [-0.05, 0) is 19.2 Å². The quantitative estimate of drug-likeness (QED) is 0.762. The SMILES string of the molecule is CN1CCn2cccc2C1CC(=O)O. The molecule has 1 aliphatic rings. The van der Waals surface area contributed by atoms with Crippen molar-refractivity contribution in [3.8, 4) is 0 Å². The second-order valence-corrected chi connectivity index (χ2v) is 3.72. The first-order chi connectivity index (χ1) is 6.68. The fraction of sp³-hybridized carbons (Fsp3) is 0.500. The Bertz CT molecular complexity index is 346. The molecule has 2 heterocycles. The molecule has 14 heavy (non-hydrogen) atoms. The minimum Gasteiger partial charge on any atom is -0.481 e. The number of likely N-dealkylation sites (N-methyl/N-ethyl adjacent to an activating group) is 1. The molecule has 76 valence electrons. The van der Waals surface area contributed by atoms with E-state index in [2.05, 4.69) is 9.47 Å². The van der Waals surface area contributed by atoms with E-state index >= 15 is 0 Å². The number of carboxylic acids is 1. The van der Waals surface area contributed by atoms with Gasteiger partial charge in [0.05, 0.1) is 12.5 Å². The van der Waals surface area contributed by atoms with Crippen LogP contribution in [0.15, 0.2) is 18.3 Å². The maximum absolute atomic E-state index is 10.7. The molecule has 1 atom stereocenters. The Morgan fingerprint density at radius 3 is 3.14 bits per heavy atom. The highest BCUT2D eigenvalue weighted by Crippen LogP contribution is 2.27. The second kappa shape index (κ2) is 3.46. The summed E-state index contributed by atoms with van der Waals surface area (Å²) in [6, 6.07) is 4.00. The van der Waals surface area contributed by atoms with E-state index in [0.29, 0.717) is 0 Å². The van der Waals surface area contributed by atoms with Crippen LogP contribution in [-0.2, 0) is 11.3 Å². The minimum atomic E-state index is -0.739. The third-order valence-corrected chi connectivity index (χ3v) is 2.80. The van der Waals surface area contributed by atoms with Crippen molar-refractivity contribution in [1.82, 2.24) is 9.47 Å². The Balaban J connectivity index is 2.26. The van der Waals surface area contributed by atoms with E-state index in [1.165, 1.54) is 0 Å². The lowest BCUT2D eigenvalue weighted by atomic mass is 10.1. The number of hydrogen-bond acceptors (Lipinski definition) is 2. The largest absolute Gasteiger partial charge is 0.481 e. The fourth-order valence-electron chi connectivity index (χ4n) is 2.01. The Kier molecular flexibility index (Phi) is 2.29. The number of aromatic nitrogens is 1. The summed E-state index contributed by atoms with van der Waals surface area (Å²) >= 11 is 0. The zero-order chi connectivity index (χ0) is 10.1. The van der Waals surface area contributed by atoms with E-state index in [1.54, 1.807) is 0 Å². The van der Waals surface area contributed by atoms with Crippen molar-refractivity contribution in [2.45, 2.75) is 19.0 Å². The highest BCUT2D eigenvalue weighted by Gasteiger charge is 2.26. The van der Waals surface area contributed by atoms with Gasteiger partial charge in [-0.25, -0.2) is 0 Å². The molecule has 0 saturated heterocycles. The van der Waals surface area contributed by atoms with Crippen LogP contribution >= 0.6 is 0 Å². The molecule has 2 rings (SSSR count). The molecular formula is C10H14N2O2. The molecule has 1 unspecified atom stereocenters. The van der Waals surface area contributed by atoms with Gasteiger partial charge in [0.15, 0.2) is 0 Å².